The summed E-state index contributed by atoms with van der Waals surface area (Å²) in [7, 11) is 0. The molecule has 0 bridgehead atoms. The molecule has 3 rings (SSSR count). The second kappa shape index (κ2) is 7.37. The molecule has 0 saturated carbocycles. The van der Waals surface area contributed by atoms with E-state index in [0.29, 0.717) is 30.4 Å². The summed E-state index contributed by atoms with van der Waals surface area (Å²) >= 11 is 3.44. The molecule has 1 N–H and O–H groups in total. The van der Waals surface area contributed by atoms with Gasteiger partial charge in [0.1, 0.15) is 6.61 Å². The smallest absolute Gasteiger partial charge is 0.411 e. The van der Waals surface area contributed by atoms with Crippen LogP contribution in [-0.2, 0) is 11.3 Å². The number of hydrogen-bond acceptors (Lipinski definition) is 4. The number of amides is 1. The van der Waals surface area contributed by atoms with Crippen LogP contribution in [0, 0.1) is 0 Å². The van der Waals surface area contributed by atoms with Gasteiger partial charge in [0.15, 0.2) is 11.5 Å². The summed E-state index contributed by atoms with van der Waals surface area (Å²) < 4.78 is 17.2. The first-order valence-electron chi connectivity index (χ1n) is 7.29. The van der Waals surface area contributed by atoms with E-state index in [2.05, 4.69) is 21.2 Å². The van der Waals surface area contributed by atoms with E-state index >= 15 is 0 Å². The molecule has 1 aliphatic heterocycles. The molecule has 0 radical (unpaired) electrons. The van der Waals surface area contributed by atoms with Gasteiger partial charge in [0.05, 0.1) is 17.7 Å². The fraction of sp³-hybridized carbons (Fsp3) is 0.235. The number of rotatable bonds is 3. The van der Waals surface area contributed by atoms with Gasteiger partial charge in [0.2, 0.25) is 0 Å². The topological polar surface area (TPSA) is 56.8 Å². The monoisotopic (exact) mass is 377 g/mol. The van der Waals surface area contributed by atoms with Gasteiger partial charge in [-0.3, -0.25) is 5.32 Å². The van der Waals surface area contributed by atoms with E-state index in [0.717, 1.165) is 16.5 Å². The number of nitrogens with one attached hydrogen (secondary N) is 1. The summed E-state index contributed by atoms with van der Waals surface area (Å²) in [6.07, 6.45) is 0.304. The molecule has 0 aromatic heterocycles. The zero-order valence-corrected chi connectivity index (χ0v) is 14.0. The Kier molecular flexibility index (Phi) is 5.02. The molecule has 0 saturated heterocycles. The minimum atomic E-state index is -0.518. The average Bonchev–Trinajstić information content (AvgIpc) is 2.80. The summed E-state index contributed by atoms with van der Waals surface area (Å²) in [5.41, 5.74) is 1.52. The second-order valence-corrected chi connectivity index (χ2v) is 5.88. The molecule has 1 heterocycles. The minimum Gasteiger partial charge on any atom is -0.489 e. The van der Waals surface area contributed by atoms with Crippen molar-refractivity contribution >= 4 is 27.7 Å². The van der Waals surface area contributed by atoms with E-state index < -0.39 is 6.09 Å². The first-order valence-corrected chi connectivity index (χ1v) is 8.08. The van der Waals surface area contributed by atoms with Crippen LogP contribution < -0.4 is 14.8 Å². The Labute approximate surface area is 142 Å². The Morgan fingerprint density at radius 3 is 2.78 bits per heavy atom. The minimum absolute atomic E-state index is 0.221. The molecule has 120 valence electrons. The number of carbonyl (C=O) groups excluding carboxylic acids is 1. The highest BCUT2D eigenvalue weighted by Crippen LogP contribution is 2.39. The van der Waals surface area contributed by atoms with Crippen molar-refractivity contribution < 1.29 is 19.0 Å². The standard InChI is InChI=1S/C17H16BrNO4/c18-14-9-13(10-15-16(14)22-8-4-7-21-15)19-17(20)23-11-12-5-2-1-3-6-12/h1-3,5-6,9-10H,4,7-8,11H2,(H,19,20). The SMILES string of the molecule is O=C(Nc1cc(Br)c2c(c1)OCCCO2)OCc1ccccc1. The van der Waals surface area contributed by atoms with Crippen molar-refractivity contribution in [3.63, 3.8) is 0 Å². The zero-order valence-electron chi connectivity index (χ0n) is 12.4. The van der Waals surface area contributed by atoms with Crippen molar-refractivity contribution in [3.05, 3.63) is 52.5 Å². The van der Waals surface area contributed by atoms with Crippen LogP contribution in [-0.4, -0.2) is 19.3 Å². The van der Waals surface area contributed by atoms with Crippen molar-refractivity contribution in [1.29, 1.82) is 0 Å². The van der Waals surface area contributed by atoms with Crippen molar-refractivity contribution in [2.24, 2.45) is 0 Å². The van der Waals surface area contributed by atoms with Crippen LogP contribution >= 0.6 is 15.9 Å². The summed E-state index contributed by atoms with van der Waals surface area (Å²) in [6.45, 7) is 1.41. The van der Waals surface area contributed by atoms with E-state index in [4.69, 9.17) is 14.2 Å². The zero-order chi connectivity index (χ0) is 16.1. The van der Waals surface area contributed by atoms with E-state index in [1.54, 1.807) is 12.1 Å². The van der Waals surface area contributed by atoms with Crippen LogP contribution in [0.15, 0.2) is 46.9 Å². The molecular formula is C17H16BrNO4. The summed E-state index contributed by atoms with van der Waals surface area (Å²) in [6, 6.07) is 13.0. The molecule has 2 aromatic rings. The van der Waals surface area contributed by atoms with Crippen LogP contribution in [0.3, 0.4) is 0 Å². The third-order valence-electron chi connectivity index (χ3n) is 3.26. The van der Waals surface area contributed by atoms with Gasteiger partial charge in [-0.05, 0) is 27.6 Å². The van der Waals surface area contributed by atoms with Gasteiger partial charge in [-0.25, -0.2) is 4.79 Å². The number of anilines is 1. The maximum absolute atomic E-state index is 11.9. The fourth-order valence-corrected chi connectivity index (χ4v) is 2.74. The molecule has 6 heteroatoms. The lowest BCUT2D eigenvalue weighted by atomic mass is 10.2. The normalized spacial score (nSPS) is 13.1. The molecular weight excluding hydrogens is 362 g/mol. The molecule has 0 unspecified atom stereocenters. The number of carbonyl (C=O) groups is 1. The van der Waals surface area contributed by atoms with E-state index in [1.165, 1.54) is 0 Å². The Bertz CT molecular complexity index is 690. The Morgan fingerprint density at radius 2 is 1.96 bits per heavy atom. The number of ether oxygens (including phenoxy) is 3. The molecule has 5 nitrogen and oxygen atoms in total. The summed E-state index contributed by atoms with van der Waals surface area (Å²) in [5, 5.41) is 2.70. The second-order valence-electron chi connectivity index (χ2n) is 5.02. The molecule has 0 spiro atoms. The largest absolute Gasteiger partial charge is 0.489 e. The van der Waals surface area contributed by atoms with E-state index in [1.807, 2.05) is 30.3 Å². The summed E-state index contributed by atoms with van der Waals surface area (Å²) in [4.78, 5) is 11.9. The molecule has 1 aliphatic rings. The van der Waals surface area contributed by atoms with Crippen molar-refractivity contribution in [3.8, 4) is 11.5 Å². The highest BCUT2D eigenvalue weighted by molar-refractivity contribution is 9.10. The lowest BCUT2D eigenvalue weighted by Crippen LogP contribution is -2.13. The Hall–Kier alpha value is -2.21. The van der Waals surface area contributed by atoms with Crippen LogP contribution in [0.2, 0.25) is 0 Å². The quantitative estimate of drug-likeness (QED) is 0.863. The van der Waals surface area contributed by atoms with Crippen LogP contribution in [0.25, 0.3) is 0 Å². The highest BCUT2D eigenvalue weighted by atomic mass is 79.9. The number of benzene rings is 2. The third kappa shape index (κ3) is 4.16. The lowest BCUT2D eigenvalue weighted by molar-refractivity contribution is 0.155. The van der Waals surface area contributed by atoms with E-state index in [-0.39, 0.29) is 6.61 Å². The van der Waals surface area contributed by atoms with Gasteiger partial charge < -0.3 is 14.2 Å². The van der Waals surface area contributed by atoms with Crippen molar-refractivity contribution in [2.75, 3.05) is 18.5 Å². The molecule has 2 aromatic carbocycles. The third-order valence-corrected chi connectivity index (χ3v) is 3.85. The van der Waals surface area contributed by atoms with Gasteiger partial charge in [-0.2, -0.15) is 0 Å². The first kappa shape index (κ1) is 15.7. The number of hydrogen-bond donors (Lipinski definition) is 1. The highest BCUT2D eigenvalue weighted by Gasteiger charge is 2.16. The molecule has 1 amide bonds. The Morgan fingerprint density at radius 1 is 1.17 bits per heavy atom. The van der Waals surface area contributed by atoms with E-state index in [9.17, 15) is 4.79 Å². The molecule has 0 atom stereocenters. The Balaban J connectivity index is 1.64. The lowest BCUT2D eigenvalue weighted by Gasteiger charge is -2.12. The maximum Gasteiger partial charge on any atom is 0.411 e. The average molecular weight is 378 g/mol. The molecule has 0 fully saturated rings. The predicted octanol–water partition coefficient (Wildman–Crippen LogP) is 4.36. The molecule has 0 aliphatic carbocycles. The van der Waals surface area contributed by atoms with Gasteiger partial charge in [-0.15, -0.1) is 0 Å². The first-order chi connectivity index (χ1) is 11.2. The molecule has 23 heavy (non-hydrogen) atoms. The maximum atomic E-state index is 11.9. The van der Waals surface area contributed by atoms with Crippen molar-refractivity contribution in [2.45, 2.75) is 13.0 Å². The van der Waals surface area contributed by atoms with Gasteiger partial charge in [-0.1, -0.05) is 30.3 Å². The number of fused-ring (bicyclic) bond motifs is 1. The van der Waals surface area contributed by atoms with Crippen LogP contribution in [0.4, 0.5) is 10.5 Å². The van der Waals surface area contributed by atoms with Gasteiger partial charge in [0.25, 0.3) is 0 Å². The van der Waals surface area contributed by atoms with Crippen LogP contribution in [0.5, 0.6) is 11.5 Å². The summed E-state index contributed by atoms with van der Waals surface area (Å²) in [5.74, 6) is 1.26. The predicted molar refractivity (Wildman–Crippen MR) is 90.0 cm³/mol. The fourth-order valence-electron chi connectivity index (χ4n) is 2.18. The van der Waals surface area contributed by atoms with Gasteiger partial charge in [0, 0.05) is 18.2 Å². The van der Waals surface area contributed by atoms with Crippen LogP contribution in [0.1, 0.15) is 12.0 Å². The van der Waals surface area contributed by atoms with Gasteiger partial charge >= 0.3 is 6.09 Å². The van der Waals surface area contributed by atoms with Crippen molar-refractivity contribution in [1.82, 2.24) is 0 Å². The number of halogens is 1.